The Balaban J connectivity index is 2.61. The maximum absolute atomic E-state index is 12.0. The Hall–Kier alpha value is -1.15. The fraction of sp³-hybridized carbons (Fsp3) is 0.364. The van der Waals surface area contributed by atoms with Gasteiger partial charge in [-0.15, -0.1) is 0 Å². The summed E-state index contributed by atoms with van der Waals surface area (Å²) in [4.78, 5) is 10.3. The largest absolute Gasteiger partial charge is 0.480 e. The summed E-state index contributed by atoms with van der Waals surface area (Å²) < 4.78 is 31.0. The minimum atomic E-state index is -3.68. The molecule has 0 aliphatic rings. The third-order valence-electron chi connectivity index (χ3n) is 2.27. The van der Waals surface area contributed by atoms with Gasteiger partial charge >= 0.3 is 5.97 Å². The number of carboxylic acid groups (broad SMARTS) is 1. The second kappa shape index (κ2) is 6.85. The van der Waals surface area contributed by atoms with Crippen LogP contribution in [-0.2, 0) is 19.6 Å². The number of hydrogen-bond donors (Lipinski definition) is 2. The van der Waals surface area contributed by atoms with Gasteiger partial charge in [-0.1, -0.05) is 17.7 Å². The van der Waals surface area contributed by atoms with Crippen LogP contribution in [0.1, 0.15) is 5.56 Å². The Labute approximate surface area is 116 Å². The van der Waals surface area contributed by atoms with Crippen molar-refractivity contribution in [3.8, 4) is 0 Å². The Morgan fingerprint density at radius 1 is 1.47 bits per heavy atom. The Kier molecular flexibility index (Phi) is 5.74. The first-order valence-corrected chi connectivity index (χ1v) is 7.25. The molecule has 1 rings (SSSR count). The van der Waals surface area contributed by atoms with Crippen molar-refractivity contribution in [3.63, 3.8) is 0 Å². The Morgan fingerprint density at radius 2 is 2.16 bits per heavy atom. The molecule has 2 N–H and O–H groups in total. The van der Waals surface area contributed by atoms with E-state index in [9.17, 15) is 13.2 Å². The molecule has 0 aliphatic carbocycles. The highest BCUT2D eigenvalue weighted by Gasteiger charge is 2.17. The van der Waals surface area contributed by atoms with E-state index >= 15 is 0 Å². The predicted molar refractivity (Wildman–Crippen MR) is 69.8 cm³/mol. The lowest BCUT2D eigenvalue weighted by Crippen LogP contribution is -2.28. The highest BCUT2D eigenvalue weighted by atomic mass is 35.5. The first kappa shape index (κ1) is 15.9. The molecular weight excluding hydrogens is 294 g/mol. The number of carboxylic acids is 1. The minimum absolute atomic E-state index is 0.0123. The summed E-state index contributed by atoms with van der Waals surface area (Å²) in [5.74, 6) is -1.10. The monoisotopic (exact) mass is 307 g/mol. The van der Waals surface area contributed by atoms with Crippen LogP contribution in [0.3, 0.4) is 0 Å². The van der Waals surface area contributed by atoms with Crippen LogP contribution in [0.25, 0.3) is 0 Å². The van der Waals surface area contributed by atoms with Crippen LogP contribution in [0.2, 0.25) is 5.02 Å². The molecule has 1 aromatic rings. The van der Waals surface area contributed by atoms with E-state index in [-0.39, 0.29) is 18.0 Å². The fourth-order valence-corrected chi connectivity index (χ4v) is 2.87. The molecule has 19 heavy (non-hydrogen) atoms. The topological polar surface area (TPSA) is 92.7 Å². The maximum atomic E-state index is 12.0. The van der Waals surface area contributed by atoms with Crippen molar-refractivity contribution < 1.29 is 23.1 Å². The van der Waals surface area contributed by atoms with E-state index in [2.05, 4.69) is 4.72 Å². The molecular formula is C11H14ClNO5S. The molecule has 0 radical (unpaired) electrons. The SMILES string of the molecule is Cc1c(Cl)cccc1S(=O)(=O)NCCOCC(=O)O. The molecule has 0 spiro atoms. The normalized spacial score (nSPS) is 11.5. The van der Waals surface area contributed by atoms with E-state index in [4.69, 9.17) is 21.4 Å². The molecule has 106 valence electrons. The third-order valence-corrected chi connectivity index (χ3v) is 4.29. The smallest absolute Gasteiger partial charge is 0.329 e. The fourth-order valence-electron chi connectivity index (χ4n) is 1.36. The van der Waals surface area contributed by atoms with E-state index in [0.717, 1.165) is 0 Å². The second-order valence-electron chi connectivity index (χ2n) is 3.71. The van der Waals surface area contributed by atoms with Gasteiger partial charge in [0.25, 0.3) is 0 Å². The lowest BCUT2D eigenvalue weighted by Gasteiger charge is -2.10. The number of benzene rings is 1. The summed E-state index contributed by atoms with van der Waals surface area (Å²) in [5.41, 5.74) is 0.461. The minimum Gasteiger partial charge on any atom is -0.480 e. The molecule has 0 heterocycles. The molecule has 6 nitrogen and oxygen atoms in total. The van der Waals surface area contributed by atoms with Crippen molar-refractivity contribution >= 4 is 27.6 Å². The average Bonchev–Trinajstić information content (AvgIpc) is 2.31. The van der Waals surface area contributed by atoms with Gasteiger partial charge in [-0.3, -0.25) is 0 Å². The van der Waals surface area contributed by atoms with Gasteiger partial charge in [0.1, 0.15) is 6.61 Å². The molecule has 0 atom stereocenters. The van der Waals surface area contributed by atoms with E-state index < -0.39 is 22.6 Å². The van der Waals surface area contributed by atoms with Crippen molar-refractivity contribution in [2.75, 3.05) is 19.8 Å². The number of rotatable bonds is 7. The number of hydrogen-bond acceptors (Lipinski definition) is 4. The summed E-state index contributed by atoms with van der Waals surface area (Å²) in [7, 11) is -3.68. The molecule has 0 fully saturated rings. The summed E-state index contributed by atoms with van der Waals surface area (Å²) in [6.45, 7) is 1.11. The van der Waals surface area contributed by atoms with Crippen LogP contribution in [0.4, 0.5) is 0 Å². The van der Waals surface area contributed by atoms with Crippen molar-refractivity contribution in [2.24, 2.45) is 0 Å². The highest BCUT2D eigenvalue weighted by molar-refractivity contribution is 7.89. The van der Waals surface area contributed by atoms with Gasteiger partial charge in [0.2, 0.25) is 10.0 Å². The zero-order chi connectivity index (χ0) is 14.5. The summed E-state index contributed by atoms with van der Waals surface area (Å²) in [6, 6.07) is 4.60. The van der Waals surface area contributed by atoms with Gasteiger partial charge in [0.05, 0.1) is 11.5 Å². The molecule has 8 heteroatoms. The number of aliphatic carboxylic acids is 1. The molecule has 0 saturated heterocycles. The van der Waals surface area contributed by atoms with E-state index in [1.807, 2.05) is 0 Å². The number of ether oxygens (including phenoxy) is 1. The van der Waals surface area contributed by atoms with Gasteiger partial charge in [0.15, 0.2) is 0 Å². The Morgan fingerprint density at radius 3 is 2.79 bits per heavy atom. The third kappa shape index (κ3) is 4.79. The number of halogens is 1. The molecule has 1 aromatic carbocycles. The van der Waals surface area contributed by atoms with Crippen molar-refractivity contribution in [3.05, 3.63) is 28.8 Å². The zero-order valence-corrected chi connectivity index (χ0v) is 11.8. The van der Waals surface area contributed by atoms with Gasteiger partial charge < -0.3 is 9.84 Å². The number of sulfonamides is 1. The maximum Gasteiger partial charge on any atom is 0.329 e. The lowest BCUT2D eigenvalue weighted by atomic mass is 10.2. The van der Waals surface area contributed by atoms with Gasteiger partial charge in [0, 0.05) is 11.6 Å². The first-order chi connectivity index (χ1) is 8.84. The van der Waals surface area contributed by atoms with Crippen LogP contribution in [0.15, 0.2) is 23.1 Å². The Bertz CT molecular complexity index is 558. The van der Waals surface area contributed by atoms with Gasteiger partial charge in [-0.25, -0.2) is 17.9 Å². The first-order valence-electron chi connectivity index (χ1n) is 5.39. The molecule has 0 amide bonds. The molecule has 0 aromatic heterocycles. The summed E-state index contributed by atoms with van der Waals surface area (Å²) in [6.07, 6.45) is 0. The van der Waals surface area contributed by atoms with Crippen molar-refractivity contribution in [2.45, 2.75) is 11.8 Å². The highest BCUT2D eigenvalue weighted by Crippen LogP contribution is 2.22. The average molecular weight is 308 g/mol. The quantitative estimate of drug-likeness (QED) is 0.734. The molecule has 0 bridgehead atoms. The molecule has 0 saturated carbocycles. The summed E-state index contributed by atoms with van der Waals surface area (Å²) >= 11 is 5.86. The summed E-state index contributed by atoms with van der Waals surface area (Å²) in [5, 5.41) is 8.71. The molecule has 0 unspecified atom stereocenters. The van der Waals surface area contributed by atoms with Crippen LogP contribution in [0, 0.1) is 6.92 Å². The van der Waals surface area contributed by atoms with Crippen molar-refractivity contribution in [1.29, 1.82) is 0 Å². The van der Waals surface area contributed by atoms with E-state index in [1.54, 1.807) is 19.1 Å². The van der Waals surface area contributed by atoms with Gasteiger partial charge in [-0.05, 0) is 24.6 Å². The number of nitrogens with one attached hydrogen (secondary N) is 1. The van der Waals surface area contributed by atoms with E-state index in [1.165, 1.54) is 6.07 Å². The van der Waals surface area contributed by atoms with Crippen LogP contribution < -0.4 is 4.72 Å². The van der Waals surface area contributed by atoms with Crippen LogP contribution in [-0.4, -0.2) is 39.3 Å². The standard InChI is InChI=1S/C11H14ClNO5S/c1-8-9(12)3-2-4-10(8)19(16,17)13-5-6-18-7-11(14)15/h2-4,13H,5-7H2,1H3,(H,14,15). The van der Waals surface area contributed by atoms with E-state index in [0.29, 0.717) is 10.6 Å². The van der Waals surface area contributed by atoms with Crippen LogP contribution in [0.5, 0.6) is 0 Å². The zero-order valence-electron chi connectivity index (χ0n) is 10.2. The van der Waals surface area contributed by atoms with Crippen LogP contribution >= 0.6 is 11.6 Å². The number of carbonyl (C=O) groups is 1. The predicted octanol–water partition coefficient (Wildman–Crippen LogP) is 1.03. The lowest BCUT2D eigenvalue weighted by molar-refractivity contribution is -0.142. The second-order valence-corrected chi connectivity index (χ2v) is 5.85. The van der Waals surface area contributed by atoms with Gasteiger partial charge in [-0.2, -0.15) is 0 Å². The van der Waals surface area contributed by atoms with Crippen molar-refractivity contribution in [1.82, 2.24) is 4.72 Å². The molecule has 0 aliphatic heterocycles.